The van der Waals surface area contributed by atoms with Crippen LogP contribution >= 0.6 is 0 Å². The monoisotopic (exact) mass is 771 g/mol. The number of aromatic carboxylic acids is 1. The molecule has 1 aromatic heterocycles. The number of aromatic nitrogens is 1. The third kappa shape index (κ3) is 10.1. The fourth-order valence-corrected chi connectivity index (χ4v) is 6.40. The van der Waals surface area contributed by atoms with Crippen molar-refractivity contribution >= 4 is 52.1 Å². The Kier molecular flexibility index (Phi) is 13.4. The van der Waals surface area contributed by atoms with Crippen molar-refractivity contribution in [1.29, 1.82) is 0 Å². The fourth-order valence-electron chi connectivity index (χ4n) is 6.40. The van der Waals surface area contributed by atoms with Crippen LogP contribution in [0.25, 0.3) is 10.9 Å². The number of rotatable bonds is 14. The largest absolute Gasteiger partial charge is 0.477 e. The van der Waals surface area contributed by atoms with Crippen LogP contribution in [0.4, 0.5) is 25.4 Å². The number of carbonyl (C=O) groups is 5. The lowest BCUT2D eigenvalue weighted by molar-refractivity contribution is -0.127. The quantitative estimate of drug-likeness (QED) is 0.142. The van der Waals surface area contributed by atoms with Gasteiger partial charge in [-0.05, 0) is 48.2 Å². The second kappa shape index (κ2) is 18.4. The summed E-state index contributed by atoms with van der Waals surface area (Å²) in [6.45, 7) is 8.55. The van der Waals surface area contributed by atoms with Gasteiger partial charge in [-0.2, -0.15) is 0 Å². The number of nitrogens with one attached hydrogen (secondary N) is 2. The van der Waals surface area contributed by atoms with E-state index in [9.17, 15) is 33.9 Å². The molecule has 3 N–H and O–H groups in total. The molecule has 56 heavy (non-hydrogen) atoms. The molecular weight excluding hydrogens is 725 g/mol. The van der Waals surface area contributed by atoms with Crippen LogP contribution in [0.3, 0.4) is 0 Å². The Morgan fingerprint density at radius 3 is 2.14 bits per heavy atom. The highest BCUT2D eigenvalue weighted by Crippen LogP contribution is 2.27. The summed E-state index contributed by atoms with van der Waals surface area (Å²) < 4.78 is 27.6. The Bertz CT molecular complexity index is 2130. The Morgan fingerprint density at radius 1 is 0.875 bits per heavy atom. The number of pyridine rings is 1. The van der Waals surface area contributed by atoms with Crippen molar-refractivity contribution in [3.05, 3.63) is 106 Å². The second-order valence-corrected chi connectivity index (χ2v) is 14.0. The number of carboxylic acids is 1. The number of alkyl carbamates (subject to hydrolysis) is 1. The first-order valence-electron chi connectivity index (χ1n) is 18.4. The zero-order valence-electron chi connectivity index (χ0n) is 31.7. The smallest absolute Gasteiger partial charge is 0.410 e. The predicted molar refractivity (Wildman–Crippen MR) is 207 cm³/mol. The normalized spacial score (nSPS) is 13.9. The van der Waals surface area contributed by atoms with Gasteiger partial charge in [-0.15, -0.1) is 0 Å². The first-order chi connectivity index (χ1) is 26.7. The number of aryl methyl sites for hydroxylation is 1. The molecule has 1 aliphatic heterocycles. The van der Waals surface area contributed by atoms with E-state index in [-0.39, 0.29) is 61.4 Å². The van der Waals surface area contributed by atoms with E-state index in [1.165, 1.54) is 17.2 Å². The summed E-state index contributed by atoms with van der Waals surface area (Å²) in [7, 11) is 0. The number of Topliss-reactive ketones (excluding diaryl/α,β-unsaturated/α-hetero) is 1. The van der Waals surface area contributed by atoms with Gasteiger partial charge in [0.1, 0.15) is 24.6 Å². The lowest BCUT2D eigenvalue weighted by atomic mass is 9.93. The summed E-state index contributed by atoms with van der Waals surface area (Å²) in [5, 5.41) is 14.8. The average Bonchev–Trinajstić information content (AvgIpc) is 3.19. The number of nitrogens with zero attached hydrogens (tertiary/aromatic N) is 3. The van der Waals surface area contributed by atoms with Crippen LogP contribution in [-0.2, 0) is 38.8 Å². The van der Waals surface area contributed by atoms with Crippen LogP contribution in [0.1, 0.15) is 55.6 Å². The van der Waals surface area contributed by atoms with Crippen LogP contribution in [0.5, 0.6) is 0 Å². The molecule has 1 saturated heterocycles. The number of piperazine rings is 1. The molecule has 0 radical (unpaired) electrons. The maximum atomic E-state index is 15.3. The second-order valence-electron chi connectivity index (χ2n) is 14.0. The van der Waals surface area contributed by atoms with Crippen molar-refractivity contribution in [1.82, 2.24) is 14.8 Å². The molecule has 0 bridgehead atoms. The Hall–Kier alpha value is -6.25. The van der Waals surface area contributed by atoms with Gasteiger partial charge in [-0.3, -0.25) is 14.4 Å². The number of fused-ring (bicyclic) bond motifs is 1. The van der Waals surface area contributed by atoms with E-state index < -0.39 is 46.9 Å². The molecule has 1 aliphatic rings. The number of benzene rings is 3. The van der Waals surface area contributed by atoms with Crippen LogP contribution < -0.4 is 21.0 Å². The third-order valence-electron chi connectivity index (χ3n) is 9.64. The molecule has 2 heterocycles. The Balaban J connectivity index is 1.07. The molecule has 0 unspecified atom stereocenters. The number of hydrogen-bond donors (Lipinski definition) is 3. The SMILES string of the molecule is CCn1cc(C(=O)O)c(=O)c2cc(F)c(N3CCN(C(=O)OCc4ccc(NC(=O)[C@@H](C)CC(=O)[C@H](NC(=O)OCc5ccccc5)C(C)C)cc4)CC3)cc21. The van der Waals surface area contributed by atoms with Gasteiger partial charge in [-0.25, -0.2) is 18.8 Å². The van der Waals surface area contributed by atoms with E-state index in [1.807, 2.05) is 30.3 Å². The minimum Gasteiger partial charge on any atom is -0.477 e. The number of carboxylic acid groups (broad SMARTS) is 1. The van der Waals surface area contributed by atoms with Gasteiger partial charge in [0.25, 0.3) is 0 Å². The van der Waals surface area contributed by atoms with Crippen molar-refractivity contribution in [2.24, 2.45) is 11.8 Å². The van der Waals surface area contributed by atoms with Crippen LogP contribution in [0.2, 0.25) is 0 Å². The summed E-state index contributed by atoms with van der Waals surface area (Å²) in [6, 6.07) is 17.7. The Morgan fingerprint density at radius 2 is 1.52 bits per heavy atom. The van der Waals surface area contributed by atoms with Crippen LogP contribution in [0.15, 0.2) is 77.7 Å². The van der Waals surface area contributed by atoms with E-state index >= 15 is 4.39 Å². The maximum Gasteiger partial charge on any atom is 0.410 e. The summed E-state index contributed by atoms with van der Waals surface area (Å²) >= 11 is 0. The van der Waals surface area contributed by atoms with E-state index in [4.69, 9.17) is 9.47 Å². The van der Waals surface area contributed by atoms with Crippen molar-refractivity contribution in [2.75, 3.05) is 36.4 Å². The summed E-state index contributed by atoms with van der Waals surface area (Å²) in [5.74, 6) is -3.62. The molecule has 14 nitrogen and oxygen atoms in total. The zero-order valence-corrected chi connectivity index (χ0v) is 31.7. The highest BCUT2D eigenvalue weighted by Gasteiger charge is 2.29. The number of anilines is 2. The van der Waals surface area contributed by atoms with Gasteiger partial charge in [0.15, 0.2) is 5.78 Å². The minimum absolute atomic E-state index is 0.0168. The van der Waals surface area contributed by atoms with Crippen molar-refractivity contribution in [3.8, 4) is 0 Å². The number of hydrogen-bond acceptors (Lipinski definition) is 9. The van der Waals surface area contributed by atoms with Crippen molar-refractivity contribution < 1.29 is 42.9 Å². The summed E-state index contributed by atoms with van der Waals surface area (Å²) in [6.07, 6.45) is -0.0910. The third-order valence-corrected chi connectivity index (χ3v) is 9.64. The fraction of sp³-hybridized carbons (Fsp3) is 0.366. The van der Waals surface area contributed by atoms with Gasteiger partial charge in [0, 0.05) is 62.3 Å². The molecule has 3 aromatic carbocycles. The number of ether oxygens (including phenoxy) is 2. The molecule has 5 rings (SSSR count). The Labute approximate surface area is 323 Å². The van der Waals surface area contributed by atoms with Gasteiger partial charge < -0.3 is 39.6 Å². The first kappa shape index (κ1) is 40.9. The molecule has 296 valence electrons. The van der Waals surface area contributed by atoms with Gasteiger partial charge in [-0.1, -0.05) is 63.2 Å². The van der Waals surface area contributed by atoms with Crippen LogP contribution in [-0.4, -0.2) is 76.6 Å². The molecule has 0 aliphatic carbocycles. The molecular formula is C41H46FN5O9. The van der Waals surface area contributed by atoms with Gasteiger partial charge >= 0.3 is 18.2 Å². The maximum absolute atomic E-state index is 15.3. The summed E-state index contributed by atoms with van der Waals surface area (Å²) in [4.78, 5) is 78.9. The molecule has 4 aromatic rings. The zero-order chi connectivity index (χ0) is 40.5. The first-order valence-corrected chi connectivity index (χ1v) is 18.4. The molecule has 0 saturated carbocycles. The van der Waals surface area contributed by atoms with E-state index in [2.05, 4.69) is 10.6 Å². The number of ketones is 1. The molecule has 0 spiro atoms. The van der Waals surface area contributed by atoms with Crippen molar-refractivity contribution in [2.45, 2.75) is 59.9 Å². The standard InChI is InChI=1S/C41H46FN5O9/c1-5-45-22-31(39(51)52)37(49)30-20-32(42)34(21-33(30)45)46-15-17-47(18-16-46)41(54)56-24-28-11-13-29(14-12-28)43-38(50)26(4)19-35(48)36(25(2)3)44-40(53)55-23-27-9-7-6-8-10-27/h6-14,20-22,25-26,36H,5,15-19,23-24H2,1-4H3,(H,43,50)(H,44,53)(H,51,52)/t26-,36+/m0/s1. The number of halogens is 1. The number of carbonyl (C=O) groups excluding carboxylic acids is 4. The van der Waals surface area contributed by atoms with Crippen molar-refractivity contribution in [3.63, 3.8) is 0 Å². The number of amides is 3. The van der Waals surface area contributed by atoms with E-state index in [0.717, 1.165) is 11.6 Å². The predicted octanol–water partition coefficient (Wildman–Crippen LogP) is 5.80. The van der Waals surface area contributed by atoms with E-state index in [1.54, 1.807) is 61.4 Å². The average molecular weight is 772 g/mol. The van der Waals surface area contributed by atoms with Gasteiger partial charge in [0.05, 0.1) is 17.2 Å². The highest BCUT2D eigenvalue weighted by molar-refractivity contribution is 5.97. The van der Waals surface area contributed by atoms with Gasteiger partial charge in [0.2, 0.25) is 11.3 Å². The lowest BCUT2D eigenvalue weighted by Crippen LogP contribution is -2.49. The van der Waals surface area contributed by atoms with Crippen LogP contribution in [0, 0.1) is 17.7 Å². The summed E-state index contributed by atoms with van der Waals surface area (Å²) in [5.41, 5.74) is 1.46. The molecule has 15 heteroatoms. The molecule has 1 fully saturated rings. The highest BCUT2D eigenvalue weighted by atomic mass is 19.1. The lowest BCUT2D eigenvalue weighted by Gasteiger charge is -2.35. The topological polar surface area (TPSA) is 177 Å². The van der Waals surface area contributed by atoms with E-state index in [0.29, 0.717) is 36.4 Å². The minimum atomic E-state index is -1.38. The molecule has 2 atom stereocenters. The molecule has 3 amide bonds.